The van der Waals surface area contributed by atoms with Gasteiger partial charge in [0.2, 0.25) is 10.0 Å². The molecule has 0 aliphatic carbocycles. The van der Waals surface area contributed by atoms with E-state index < -0.39 is 32.7 Å². The zero-order valence-corrected chi connectivity index (χ0v) is 22.6. The van der Waals surface area contributed by atoms with Crippen LogP contribution in [0.5, 0.6) is 5.75 Å². The number of carbonyl (C=O) groups excluding carboxylic acids is 1. The Morgan fingerprint density at radius 3 is 2.23 bits per heavy atom. The van der Waals surface area contributed by atoms with E-state index in [1.807, 2.05) is 42.5 Å². The molecule has 2 amide bonds. The molecule has 11 heteroatoms. The molecule has 9 nitrogen and oxygen atoms in total. The van der Waals surface area contributed by atoms with Gasteiger partial charge in [0, 0.05) is 12.2 Å². The number of phenols is 1. The molecule has 0 bridgehead atoms. The lowest BCUT2D eigenvalue weighted by Crippen LogP contribution is -2.42. The standard InChI is InChI=1S/C29H26ClN3O6S/c30-24-10-5-11-26(27(24)34)40(38,39)33-25(28(35)36)16-19-12-14-21(15-13-19)22-8-4-9-23(17-22)32-29(37)31-18-20-6-2-1-3-7-20/h1-15,17,25,33-34H,16,18H2,(H,35,36)(H2,31,32,37). The first kappa shape index (κ1) is 28.6. The van der Waals surface area contributed by atoms with Crippen molar-refractivity contribution in [2.45, 2.75) is 23.9 Å². The van der Waals surface area contributed by atoms with Gasteiger partial charge < -0.3 is 20.8 Å². The molecule has 0 aliphatic heterocycles. The minimum atomic E-state index is -4.37. The molecule has 0 aliphatic rings. The van der Waals surface area contributed by atoms with E-state index in [-0.39, 0.29) is 17.5 Å². The van der Waals surface area contributed by atoms with Gasteiger partial charge in [0.15, 0.2) is 5.75 Å². The zero-order valence-electron chi connectivity index (χ0n) is 21.0. The lowest BCUT2D eigenvalue weighted by molar-refractivity contribution is -0.138. The fourth-order valence-corrected chi connectivity index (χ4v) is 5.48. The van der Waals surface area contributed by atoms with Crippen molar-refractivity contribution < 1.29 is 28.2 Å². The number of rotatable bonds is 10. The van der Waals surface area contributed by atoms with E-state index in [9.17, 15) is 28.2 Å². The highest BCUT2D eigenvalue weighted by Crippen LogP contribution is 2.30. The molecule has 1 atom stereocenters. The molecule has 0 saturated carbocycles. The maximum Gasteiger partial charge on any atom is 0.322 e. The van der Waals surface area contributed by atoms with Gasteiger partial charge in [-0.25, -0.2) is 13.2 Å². The highest BCUT2D eigenvalue weighted by molar-refractivity contribution is 7.89. The number of aliphatic carboxylic acids is 1. The summed E-state index contributed by atoms with van der Waals surface area (Å²) in [7, 11) is -4.37. The van der Waals surface area contributed by atoms with Crippen molar-refractivity contribution in [3.63, 3.8) is 0 Å². The Labute approximate surface area is 236 Å². The number of aromatic hydroxyl groups is 1. The first-order valence-electron chi connectivity index (χ1n) is 12.1. The molecule has 0 saturated heterocycles. The minimum absolute atomic E-state index is 0.140. The van der Waals surface area contributed by atoms with Crippen molar-refractivity contribution in [2.75, 3.05) is 5.32 Å². The lowest BCUT2D eigenvalue weighted by atomic mass is 10.0. The first-order chi connectivity index (χ1) is 19.1. The average molecular weight is 580 g/mol. The van der Waals surface area contributed by atoms with Gasteiger partial charge in [-0.15, -0.1) is 0 Å². The van der Waals surface area contributed by atoms with Crippen LogP contribution in [0.15, 0.2) is 102 Å². The van der Waals surface area contributed by atoms with Crippen molar-refractivity contribution in [3.05, 3.63) is 113 Å². The number of halogens is 1. The summed E-state index contributed by atoms with van der Waals surface area (Å²) in [5.74, 6) is -2.03. The van der Waals surface area contributed by atoms with Gasteiger partial charge in [0.1, 0.15) is 10.9 Å². The van der Waals surface area contributed by atoms with Crippen molar-refractivity contribution in [1.29, 1.82) is 0 Å². The van der Waals surface area contributed by atoms with Crippen molar-refractivity contribution in [2.24, 2.45) is 0 Å². The van der Waals surface area contributed by atoms with Crippen LogP contribution in [0.2, 0.25) is 5.02 Å². The van der Waals surface area contributed by atoms with Crippen molar-refractivity contribution in [1.82, 2.24) is 10.0 Å². The Bertz CT molecular complexity index is 1610. The van der Waals surface area contributed by atoms with Crippen LogP contribution in [-0.4, -0.2) is 36.7 Å². The molecular formula is C29H26ClN3O6S. The van der Waals surface area contributed by atoms with Gasteiger partial charge in [-0.3, -0.25) is 4.79 Å². The van der Waals surface area contributed by atoms with E-state index in [0.29, 0.717) is 17.8 Å². The van der Waals surface area contributed by atoms with Gasteiger partial charge >= 0.3 is 12.0 Å². The normalized spacial score (nSPS) is 11.9. The third-order valence-electron chi connectivity index (χ3n) is 5.98. The van der Waals surface area contributed by atoms with Gasteiger partial charge in [-0.05, 0) is 52.9 Å². The number of sulfonamides is 1. The number of amides is 2. The van der Waals surface area contributed by atoms with Gasteiger partial charge in [-0.2, -0.15) is 4.72 Å². The number of phenolic OH excluding ortho intramolecular Hbond substituents is 1. The molecule has 4 aromatic rings. The summed E-state index contributed by atoms with van der Waals surface area (Å²) in [6.07, 6.45) is -0.140. The Balaban J connectivity index is 1.41. The molecular weight excluding hydrogens is 554 g/mol. The second-order valence-electron chi connectivity index (χ2n) is 8.87. The summed E-state index contributed by atoms with van der Waals surface area (Å²) in [5, 5.41) is 25.1. The van der Waals surface area contributed by atoms with Gasteiger partial charge in [-0.1, -0.05) is 84.4 Å². The summed E-state index contributed by atoms with van der Waals surface area (Å²) in [6.45, 7) is 0.390. The second kappa shape index (κ2) is 12.6. The molecule has 0 spiro atoms. The molecule has 40 heavy (non-hydrogen) atoms. The minimum Gasteiger partial charge on any atom is -0.505 e. The van der Waals surface area contributed by atoms with E-state index in [1.54, 1.807) is 36.4 Å². The predicted octanol–water partition coefficient (Wildman–Crippen LogP) is 5.01. The molecule has 0 radical (unpaired) electrons. The van der Waals surface area contributed by atoms with Crippen molar-refractivity contribution >= 4 is 39.3 Å². The molecule has 0 heterocycles. The topological polar surface area (TPSA) is 145 Å². The smallest absolute Gasteiger partial charge is 0.322 e. The van der Waals surface area contributed by atoms with Crippen LogP contribution in [0.4, 0.5) is 10.5 Å². The van der Waals surface area contributed by atoms with Crippen LogP contribution >= 0.6 is 11.6 Å². The monoisotopic (exact) mass is 579 g/mol. The maximum atomic E-state index is 12.7. The molecule has 0 fully saturated rings. The molecule has 5 N–H and O–H groups in total. The van der Waals surface area contributed by atoms with E-state index in [0.717, 1.165) is 22.8 Å². The summed E-state index contributed by atoms with van der Waals surface area (Å²) < 4.78 is 27.6. The predicted molar refractivity (Wildman–Crippen MR) is 153 cm³/mol. The quantitative estimate of drug-likeness (QED) is 0.179. The molecule has 4 rings (SSSR count). The highest BCUT2D eigenvalue weighted by Gasteiger charge is 2.28. The summed E-state index contributed by atoms with van der Waals surface area (Å²) in [4.78, 5) is 23.7. The first-order valence-corrected chi connectivity index (χ1v) is 14.0. The van der Waals surface area contributed by atoms with Crippen LogP contribution in [0, 0.1) is 0 Å². The zero-order chi connectivity index (χ0) is 28.7. The fraction of sp³-hybridized carbons (Fsp3) is 0.103. The SMILES string of the molecule is O=C(NCc1ccccc1)Nc1cccc(-c2ccc(CC(NS(=O)(=O)c3cccc(Cl)c3O)C(=O)O)cc2)c1. The number of benzene rings is 4. The number of hydrogen-bond acceptors (Lipinski definition) is 5. The Morgan fingerprint density at radius 2 is 1.52 bits per heavy atom. The largest absolute Gasteiger partial charge is 0.505 e. The van der Waals surface area contributed by atoms with Crippen LogP contribution in [0.25, 0.3) is 11.1 Å². The molecule has 206 valence electrons. The van der Waals surface area contributed by atoms with E-state index in [4.69, 9.17) is 11.6 Å². The summed E-state index contributed by atoms with van der Waals surface area (Å²) in [6, 6.07) is 25.7. The third kappa shape index (κ3) is 7.38. The number of hydrogen-bond donors (Lipinski definition) is 5. The number of anilines is 1. The van der Waals surface area contributed by atoms with Crippen LogP contribution in [0.3, 0.4) is 0 Å². The number of carboxylic acid groups (broad SMARTS) is 1. The Hall–Kier alpha value is -4.38. The molecule has 4 aromatic carbocycles. The summed E-state index contributed by atoms with van der Waals surface area (Å²) in [5.41, 5.74) is 3.78. The van der Waals surface area contributed by atoms with Gasteiger partial charge in [0.25, 0.3) is 0 Å². The maximum absolute atomic E-state index is 12.7. The number of carbonyl (C=O) groups is 2. The Morgan fingerprint density at radius 1 is 0.825 bits per heavy atom. The van der Waals surface area contributed by atoms with E-state index >= 15 is 0 Å². The third-order valence-corrected chi connectivity index (χ3v) is 7.79. The van der Waals surface area contributed by atoms with Gasteiger partial charge in [0.05, 0.1) is 5.02 Å². The van der Waals surface area contributed by atoms with E-state index in [2.05, 4.69) is 15.4 Å². The highest BCUT2D eigenvalue weighted by atomic mass is 35.5. The van der Waals surface area contributed by atoms with Crippen LogP contribution < -0.4 is 15.4 Å². The van der Waals surface area contributed by atoms with E-state index in [1.165, 1.54) is 12.1 Å². The summed E-state index contributed by atoms with van der Waals surface area (Å²) >= 11 is 5.80. The average Bonchev–Trinajstić information content (AvgIpc) is 2.94. The van der Waals surface area contributed by atoms with Crippen molar-refractivity contribution in [3.8, 4) is 16.9 Å². The Kier molecular flexibility index (Phi) is 9.05. The molecule has 1 unspecified atom stereocenters. The second-order valence-corrected chi connectivity index (χ2v) is 11.0. The number of para-hydroxylation sites is 1. The number of carboxylic acids is 1. The van der Waals surface area contributed by atoms with Crippen LogP contribution in [0.1, 0.15) is 11.1 Å². The molecule has 0 aromatic heterocycles. The fourth-order valence-electron chi connectivity index (χ4n) is 3.94. The van der Waals surface area contributed by atoms with Crippen LogP contribution in [-0.2, 0) is 27.8 Å². The number of nitrogens with one attached hydrogen (secondary N) is 3. The number of urea groups is 1. The lowest BCUT2D eigenvalue weighted by Gasteiger charge is -2.16.